The number of hydrogen-bond acceptors (Lipinski definition) is 2. The molecule has 126 valence electrons. The van der Waals surface area contributed by atoms with Gasteiger partial charge in [0.15, 0.2) is 0 Å². The van der Waals surface area contributed by atoms with Crippen LogP contribution in [-0.4, -0.2) is 23.3 Å². The molecule has 0 bridgehead atoms. The van der Waals surface area contributed by atoms with Crippen LogP contribution in [0.2, 0.25) is 0 Å². The lowest BCUT2D eigenvalue weighted by Crippen LogP contribution is -2.33. The van der Waals surface area contributed by atoms with Crippen molar-refractivity contribution in [3.8, 4) is 0 Å². The van der Waals surface area contributed by atoms with Gasteiger partial charge in [0.2, 0.25) is 11.8 Å². The quantitative estimate of drug-likeness (QED) is 0.824. The van der Waals surface area contributed by atoms with Crippen molar-refractivity contribution >= 4 is 17.5 Å². The molecule has 24 heavy (non-hydrogen) atoms. The number of carbonyl (C=O) groups excluding carboxylic acids is 2. The number of aryl methyl sites for hydroxylation is 2. The number of nitrogens with one attached hydrogen (secondary N) is 1. The fourth-order valence-corrected chi connectivity index (χ4v) is 2.62. The molecule has 2 aromatic carbocycles. The first-order chi connectivity index (χ1) is 11.5. The molecule has 1 N–H and O–H groups in total. The third-order valence-corrected chi connectivity index (χ3v) is 4.01. The van der Waals surface area contributed by atoms with E-state index in [2.05, 4.69) is 5.32 Å². The summed E-state index contributed by atoms with van der Waals surface area (Å²) >= 11 is 0. The van der Waals surface area contributed by atoms with Gasteiger partial charge in [-0.25, -0.2) is 0 Å². The van der Waals surface area contributed by atoms with Gasteiger partial charge in [0.05, 0.1) is 0 Å². The smallest absolute Gasteiger partial charge is 0.233 e. The first-order valence-electron chi connectivity index (χ1n) is 8.19. The Morgan fingerprint density at radius 3 is 2.17 bits per heavy atom. The van der Waals surface area contributed by atoms with Crippen LogP contribution in [0.1, 0.15) is 30.0 Å². The standard InChI is InChI=1S/C20H24N2O2/c1-4-22(14-17-11-6-5-7-12-17)19(24)13-18(23)21-20-15(2)9-8-10-16(20)3/h5-12H,4,13-14H2,1-3H3,(H,21,23). The summed E-state index contributed by atoms with van der Waals surface area (Å²) in [6, 6.07) is 15.6. The summed E-state index contributed by atoms with van der Waals surface area (Å²) in [4.78, 5) is 26.3. The van der Waals surface area contributed by atoms with E-state index in [0.29, 0.717) is 13.1 Å². The van der Waals surface area contributed by atoms with Gasteiger partial charge in [-0.1, -0.05) is 48.5 Å². The maximum atomic E-state index is 12.4. The second-order valence-corrected chi connectivity index (χ2v) is 5.89. The summed E-state index contributed by atoms with van der Waals surface area (Å²) in [5.74, 6) is -0.436. The van der Waals surface area contributed by atoms with Crippen LogP contribution in [0, 0.1) is 13.8 Å². The Morgan fingerprint density at radius 2 is 1.58 bits per heavy atom. The number of nitrogens with zero attached hydrogens (tertiary/aromatic N) is 1. The molecule has 0 saturated heterocycles. The highest BCUT2D eigenvalue weighted by Crippen LogP contribution is 2.19. The molecule has 2 amide bonds. The van der Waals surface area contributed by atoms with Gasteiger partial charge in [-0.3, -0.25) is 9.59 Å². The van der Waals surface area contributed by atoms with Crippen molar-refractivity contribution < 1.29 is 9.59 Å². The third-order valence-electron chi connectivity index (χ3n) is 4.01. The highest BCUT2D eigenvalue weighted by Gasteiger charge is 2.17. The normalized spacial score (nSPS) is 10.3. The summed E-state index contributed by atoms with van der Waals surface area (Å²) in [7, 11) is 0. The van der Waals surface area contributed by atoms with Gasteiger partial charge in [-0.2, -0.15) is 0 Å². The van der Waals surface area contributed by atoms with Crippen LogP contribution in [0.5, 0.6) is 0 Å². The van der Waals surface area contributed by atoms with E-state index in [1.54, 1.807) is 4.90 Å². The van der Waals surface area contributed by atoms with E-state index in [9.17, 15) is 9.59 Å². The maximum Gasteiger partial charge on any atom is 0.233 e. The van der Waals surface area contributed by atoms with Crippen LogP contribution in [0.4, 0.5) is 5.69 Å². The van der Waals surface area contributed by atoms with Gasteiger partial charge < -0.3 is 10.2 Å². The number of carbonyl (C=O) groups is 2. The second kappa shape index (κ2) is 8.29. The first-order valence-corrected chi connectivity index (χ1v) is 8.19. The Hall–Kier alpha value is -2.62. The first kappa shape index (κ1) is 17.7. The van der Waals surface area contributed by atoms with Gasteiger partial charge in [0, 0.05) is 18.8 Å². The topological polar surface area (TPSA) is 49.4 Å². The fraction of sp³-hybridized carbons (Fsp3) is 0.300. The van der Waals surface area contributed by atoms with Crippen molar-refractivity contribution in [1.29, 1.82) is 0 Å². The van der Waals surface area contributed by atoms with Gasteiger partial charge in [-0.05, 0) is 37.5 Å². The van der Waals surface area contributed by atoms with Crippen LogP contribution in [0.15, 0.2) is 48.5 Å². The maximum absolute atomic E-state index is 12.4. The van der Waals surface area contributed by atoms with E-state index in [1.165, 1.54) is 0 Å². The molecule has 2 aromatic rings. The molecule has 0 unspecified atom stereocenters. The summed E-state index contributed by atoms with van der Waals surface area (Å²) in [6.07, 6.45) is -0.144. The highest BCUT2D eigenvalue weighted by atomic mass is 16.2. The molecule has 0 atom stereocenters. The van der Waals surface area contributed by atoms with Crippen molar-refractivity contribution in [2.75, 3.05) is 11.9 Å². The average Bonchev–Trinajstić information content (AvgIpc) is 2.57. The number of hydrogen-bond donors (Lipinski definition) is 1. The number of amides is 2. The third kappa shape index (κ3) is 4.69. The van der Waals surface area contributed by atoms with Crippen molar-refractivity contribution in [3.05, 3.63) is 65.2 Å². The van der Waals surface area contributed by atoms with E-state index < -0.39 is 0 Å². The fourth-order valence-electron chi connectivity index (χ4n) is 2.62. The monoisotopic (exact) mass is 324 g/mol. The molecular weight excluding hydrogens is 300 g/mol. The Morgan fingerprint density at radius 1 is 0.958 bits per heavy atom. The lowest BCUT2D eigenvalue weighted by molar-refractivity contribution is -0.134. The molecule has 0 saturated carbocycles. The van der Waals surface area contributed by atoms with Crippen molar-refractivity contribution in [1.82, 2.24) is 4.90 Å². The van der Waals surface area contributed by atoms with Crippen LogP contribution in [0.3, 0.4) is 0 Å². The minimum absolute atomic E-state index is 0.144. The molecule has 2 rings (SSSR count). The molecule has 0 aromatic heterocycles. The molecular formula is C20H24N2O2. The summed E-state index contributed by atoms with van der Waals surface area (Å²) in [5.41, 5.74) is 3.84. The van der Waals surface area contributed by atoms with Crippen molar-refractivity contribution in [3.63, 3.8) is 0 Å². The Labute approximate surface area is 143 Å². The average molecular weight is 324 g/mol. The van der Waals surface area contributed by atoms with Crippen molar-refractivity contribution in [2.45, 2.75) is 33.7 Å². The molecule has 0 radical (unpaired) electrons. The molecule has 0 aliphatic heterocycles. The summed E-state index contributed by atoms with van der Waals surface area (Å²) in [6.45, 7) is 6.90. The number of rotatable bonds is 6. The van der Waals surface area contributed by atoms with Gasteiger partial charge in [0.1, 0.15) is 6.42 Å². The van der Waals surface area contributed by atoms with Crippen LogP contribution >= 0.6 is 0 Å². The minimum Gasteiger partial charge on any atom is -0.338 e. The van der Waals surface area contributed by atoms with Crippen LogP contribution < -0.4 is 5.32 Å². The Balaban J connectivity index is 1.98. The predicted molar refractivity (Wildman–Crippen MR) is 96.7 cm³/mol. The lowest BCUT2D eigenvalue weighted by Gasteiger charge is -2.21. The molecule has 0 aliphatic carbocycles. The SMILES string of the molecule is CCN(Cc1ccccc1)C(=O)CC(=O)Nc1c(C)cccc1C. The molecule has 4 heteroatoms. The van der Waals surface area contributed by atoms with E-state index in [0.717, 1.165) is 22.4 Å². The molecule has 0 fully saturated rings. The van der Waals surface area contributed by atoms with Crippen molar-refractivity contribution in [2.24, 2.45) is 0 Å². The Bertz CT molecular complexity index is 691. The van der Waals surface area contributed by atoms with E-state index >= 15 is 0 Å². The second-order valence-electron chi connectivity index (χ2n) is 5.89. The zero-order valence-corrected chi connectivity index (χ0v) is 14.5. The molecule has 4 nitrogen and oxygen atoms in total. The number of anilines is 1. The highest BCUT2D eigenvalue weighted by molar-refractivity contribution is 6.04. The minimum atomic E-state index is -0.274. The van der Waals surface area contributed by atoms with E-state index in [1.807, 2.05) is 69.3 Å². The van der Waals surface area contributed by atoms with E-state index in [-0.39, 0.29) is 18.2 Å². The van der Waals surface area contributed by atoms with E-state index in [4.69, 9.17) is 0 Å². The lowest BCUT2D eigenvalue weighted by atomic mass is 10.1. The zero-order valence-electron chi connectivity index (χ0n) is 14.5. The van der Waals surface area contributed by atoms with Gasteiger partial charge in [-0.15, -0.1) is 0 Å². The molecule has 0 spiro atoms. The number of benzene rings is 2. The van der Waals surface area contributed by atoms with Gasteiger partial charge >= 0.3 is 0 Å². The van der Waals surface area contributed by atoms with Gasteiger partial charge in [0.25, 0.3) is 0 Å². The molecule has 0 heterocycles. The predicted octanol–water partition coefficient (Wildman–Crippen LogP) is 3.68. The van der Waals surface area contributed by atoms with Crippen LogP contribution in [-0.2, 0) is 16.1 Å². The number of para-hydroxylation sites is 1. The van der Waals surface area contributed by atoms with Crippen LogP contribution in [0.25, 0.3) is 0 Å². The Kier molecular flexibility index (Phi) is 6.13. The zero-order chi connectivity index (χ0) is 17.5. The summed E-state index contributed by atoms with van der Waals surface area (Å²) < 4.78 is 0. The summed E-state index contributed by atoms with van der Waals surface area (Å²) in [5, 5.41) is 2.87. The largest absolute Gasteiger partial charge is 0.338 e. The molecule has 0 aliphatic rings.